The fourth-order valence-corrected chi connectivity index (χ4v) is 3.80. The fourth-order valence-electron chi connectivity index (χ4n) is 2.47. The van der Waals surface area contributed by atoms with Gasteiger partial charge in [0.05, 0.1) is 0 Å². The highest BCUT2D eigenvalue weighted by Crippen LogP contribution is 2.37. The third-order valence-electron chi connectivity index (χ3n) is 3.31. The lowest BCUT2D eigenvalue weighted by atomic mass is 9.94. The Morgan fingerprint density at radius 2 is 1.86 bits per heavy atom. The number of hydrogen-bond donors (Lipinski definition) is 0. The molecule has 0 aromatic heterocycles. The summed E-state index contributed by atoms with van der Waals surface area (Å²) in [5.74, 6) is 2.70. The van der Waals surface area contributed by atoms with E-state index in [1.807, 2.05) is 0 Å². The van der Waals surface area contributed by atoms with Gasteiger partial charge in [0.15, 0.2) is 0 Å². The van der Waals surface area contributed by atoms with E-state index in [1.54, 1.807) is 0 Å². The number of thioether (sulfide) groups is 1. The zero-order valence-corrected chi connectivity index (χ0v) is 9.04. The molecular formula is C12H15NS. The summed E-state index contributed by atoms with van der Waals surface area (Å²) >= 11 is 2.13. The predicted octanol–water partition coefficient (Wildman–Crippen LogP) is 2.38. The maximum Gasteiger partial charge on any atom is 0.0240 e. The summed E-state index contributed by atoms with van der Waals surface area (Å²) in [7, 11) is 0. The zero-order valence-electron chi connectivity index (χ0n) is 8.23. The molecule has 2 aliphatic rings. The van der Waals surface area contributed by atoms with Crippen LogP contribution < -0.4 is 0 Å². The van der Waals surface area contributed by atoms with Crippen LogP contribution in [0.5, 0.6) is 0 Å². The first-order valence-electron chi connectivity index (χ1n) is 5.31. The molecule has 0 N–H and O–H groups in total. The molecule has 1 aromatic carbocycles. The molecule has 2 bridgehead atoms. The highest BCUT2D eigenvalue weighted by molar-refractivity contribution is 7.99. The quantitative estimate of drug-likeness (QED) is 0.729. The summed E-state index contributed by atoms with van der Waals surface area (Å²) < 4.78 is 0. The Morgan fingerprint density at radius 3 is 2.50 bits per heavy atom. The highest BCUT2D eigenvalue weighted by Gasteiger charge is 2.41. The number of rotatable bonds is 2. The van der Waals surface area contributed by atoms with Crippen molar-refractivity contribution in [2.75, 3.05) is 11.5 Å². The van der Waals surface area contributed by atoms with Crippen molar-refractivity contribution in [1.82, 2.24) is 4.90 Å². The van der Waals surface area contributed by atoms with Crippen LogP contribution in [0.25, 0.3) is 0 Å². The van der Waals surface area contributed by atoms with Crippen molar-refractivity contribution >= 4 is 11.8 Å². The van der Waals surface area contributed by atoms with E-state index in [2.05, 4.69) is 47.0 Å². The molecule has 74 valence electrons. The Kier molecular flexibility index (Phi) is 2.26. The standard InChI is InChI=1S/C12H15NS/c1-2-4-10(5-3-1)7-13-11-6-12(13)9-14-8-11/h1-5,11-12H,6-9H2. The molecule has 0 amide bonds. The molecule has 2 aliphatic heterocycles. The first kappa shape index (κ1) is 8.81. The van der Waals surface area contributed by atoms with E-state index in [0.29, 0.717) is 0 Å². The summed E-state index contributed by atoms with van der Waals surface area (Å²) in [6.07, 6.45) is 1.44. The van der Waals surface area contributed by atoms with Crippen molar-refractivity contribution in [1.29, 1.82) is 0 Å². The molecule has 14 heavy (non-hydrogen) atoms. The van der Waals surface area contributed by atoms with Gasteiger partial charge in [-0.15, -0.1) is 0 Å². The molecule has 0 spiro atoms. The van der Waals surface area contributed by atoms with Crippen LogP contribution >= 0.6 is 11.8 Å². The van der Waals surface area contributed by atoms with Crippen molar-refractivity contribution in [3.05, 3.63) is 35.9 Å². The van der Waals surface area contributed by atoms with Crippen LogP contribution in [0.4, 0.5) is 0 Å². The van der Waals surface area contributed by atoms with E-state index in [0.717, 1.165) is 18.6 Å². The first-order valence-corrected chi connectivity index (χ1v) is 6.46. The Labute approximate surface area is 89.5 Å². The van der Waals surface area contributed by atoms with Crippen LogP contribution in [0.1, 0.15) is 12.0 Å². The van der Waals surface area contributed by atoms with E-state index in [9.17, 15) is 0 Å². The van der Waals surface area contributed by atoms with Gasteiger partial charge in [0.2, 0.25) is 0 Å². The molecule has 3 rings (SSSR count). The minimum Gasteiger partial charge on any atom is -0.291 e. The van der Waals surface area contributed by atoms with Crippen molar-refractivity contribution in [2.45, 2.75) is 25.0 Å². The van der Waals surface area contributed by atoms with Gasteiger partial charge in [0, 0.05) is 30.1 Å². The molecule has 0 radical (unpaired) electrons. The third-order valence-corrected chi connectivity index (χ3v) is 4.55. The second-order valence-corrected chi connectivity index (χ2v) is 5.31. The van der Waals surface area contributed by atoms with Crippen molar-refractivity contribution in [3.63, 3.8) is 0 Å². The van der Waals surface area contributed by atoms with E-state index in [4.69, 9.17) is 0 Å². The van der Waals surface area contributed by atoms with Gasteiger partial charge < -0.3 is 0 Å². The van der Waals surface area contributed by atoms with Crippen molar-refractivity contribution in [2.24, 2.45) is 0 Å². The second-order valence-electron chi connectivity index (χ2n) is 4.24. The van der Waals surface area contributed by atoms with Crippen molar-refractivity contribution in [3.8, 4) is 0 Å². The van der Waals surface area contributed by atoms with Crippen LogP contribution in [0.2, 0.25) is 0 Å². The number of hydrogen-bond acceptors (Lipinski definition) is 2. The lowest BCUT2D eigenvalue weighted by molar-refractivity contribution is 0.0287. The van der Waals surface area contributed by atoms with Gasteiger partial charge in [0.25, 0.3) is 0 Å². The Morgan fingerprint density at radius 1 is 1.14 bits per heavy atom. The molecule has 0 aliphatic carbocycles. The lowest BCUT2D eigenvalue weighted by Crippen LogP contribution is -2.60. The van der Waals surface area contributed by atoms with E-state index in [-0.39, 0.29) is 0 Å². The molecule has 2 heteroatoms. The summed E-state index contributed by atoms with van der Waals surface area (Å²) in [6.45, 7) is 1.16. The first-order chi connectivity index (χ1) is 6.93. The fraction of sp³-hybridized carbons (Fsp3) is 0.500. The van der Waals surface area contributed by atoms with Crippen LogP contribution in [0.3, 0.4) is 0 Å². The van der Waals surface area contributed by atoms with Crippen LogP contribution in [-0.4, -0.2) is 28.5 Å². The van der Waals surface area contributed by atoms with Gasteiger partial charge in [-0.1, -0.05) is 30.3 Å². The Bertz CT molecular complexity index is 297. The van der Waals surface area contributed by atoms with E-state index >= 15 is 0 Å². The largest absolute Gasteiger partial charge is 0.291 e. The van der Waals surface area contributed by atoms with Crippen LogP contribution in [0, 0.1) is 0 Å². The second kappa shape index (κ2) is 3.59. The molecular weight excluding hydrogens is 190 g/mol. The molecule has 2 saturated heterocycles. The predicted molar refractivity (Wildman–Crippen MR) is 61.5 cm³/mol. The summed E-state index contributed by atoms with van der Waals surface area (Å²) in [6, 6.07) is 12.6. The van der Waals surface area contributed by atoms with Crippen molar-refractivity contribution < 1.29 is 0 Å². The average Bonchev–Trinajstić information content (AvgIpc) is 2.28. The Hall–Kier alpha value is -0.470. The monoisotopic (exact) mass is 205 g/mol. The van der Waals surface area contributed by atoms with Gasteiger partial charge in [-0.2, -0.15) is 11.8 Å². The van der Waals surface area contributed by atoms with Gasteiger partial charge in [-0.25, -0.2) is 0 Å². The zero-order chi connectivity index (χ0) is 9.38. The smallest absolute Gasteiger partial charge is 0.0240 e. The maximum absolute atomic E-state index is 2.67. The number of benzene rings is 1. The summed E-state index contributed by atoms with van der Waals surface area (Å²) in [4.78, 5) is 2.67. The number of fused-ring (bicyclic) bond motifs is 2. The average molecular weight is 205 g/mol. The van der Waals surface area contributed by atoms with Crippen LogP contribution in [0.15, 0.2) is 30.3 Å². The normalized spacial score (nSPS) is 31.1. The molecule has 2 heterocycles. The van der Waals surface area contributed by atoms with Gasteiger partial charge in [0.1, 0.15) is 0 Å². The molecule has 2 unspecified atom stereocenters. The SMILES string of the molecule is c1ccc(CN2C3CSCC2C3)cc1. The molecule has 2 fully saturated rings. The summed E-state index contributed by atoms with van der Waals surface area (Å²) in [5, 5.41) is 0. The van der Waals surface area contributed by atoms with E-state index in [1.165, 1.54) is 23.5 Å². The Balaban J connectivity index is 1.68. The minimum atomic E-state index is 0.874. The van der Waals surface area contributed by atoms with E-state index < -0.39 is 0 Å². The lowest BCUT2D eigenvalue weighted by Gasteiger charge is -2.52. The third kappa shape index (κ3) is 1.47. The minimum absolute atomic E-state index is 0.874. The maximum atomic E-state index is 2.67. The van der Waals surface area contributed by atoms with Crippen LogP contribution in [-0.2, 0) is 6.54 Å². The number of nitrogens with zero attached hydrogens (tertiary/aromatic N) is 1. The molecule has 0 saturated carbocycles. The summed E-state index contributed by atoms with van der Waals surface area (Å²) in [5.41, 5.74) is 1.47. The molecule has 1 nitrogen and oxygen atoms in total. The topological polar surface area (TPSA) is 3.24 Å². The van der Waals surface area contributed by atoms with Gasteiger partial charge in [-0.3, -0.25) is 4.90 Å². The molecule has 1 aromatic rings. The van der Waals surface area contributed by atoms with Gasteiger partial charge >= 0.3 is 0 Å². The highest BCUT2D eigenvalue weighted by atomic mass is 32.2. The molecule has 2 atom stereocenters. The van der Waals surface area contributed by atoms with Gasteiger partial charge in [-0.05, 0) is 12.0 Å².